The minimum absolute atomic E-state index is 0.0625. The third-order valence-electron chi connectivity index (χ3n) is 4.60. The molecule has 0 saturated carbocycles. The van der Waals surface area contributed by atoms with Crippen molar-refractivity contribution in [3.63, 3.8) is 0 Å². The van der Waals surface area contributed by atoms with E-state index in [1.807, 2.05) is 39.8 Å². The van der Waals surface area contributed by atoms with E-state index in [4.69, 9.17) is 9.31 Å². The van der Waals surface area contributed by atoms with Gasteiger partial charge in [0.1, 0.15) is 6.29 Å². The molecule has 0 spiro atoms. The minimum Gasteiger partial charge on any atom is -0.399 e. The Bertz CT molecular complexity index is 566. The van der Waals surface area contributed by atoms with Crippen LogP contribution in [-0.2, 0) is 9.31 Å². The van der Waals surface area contributed by atoms with Crippen LogP contribution in [0.3, 0.4) is 0 Å². The molecule has 2 saturated heterocycles. The fourth-order valence-corrected chi connectivity index (χ4v) is 2.45. The molecule has 2 heterocycles. The van der Waals surface area contributed by atoms with Crippen LogP contribution in [0.4, 0.5) is 8.78 Å². The number of carbonyl (C=O) groups is 1. The third kappa shape index (κ3) is 4.20. The van der Waals surface area contributed by atoms with Gasteiger partial charge in [-0.25, -0.2) is 8.78 Å². The van der Waals surface area contributed by atoms with Crippen LogP contribution in [0.1, 0.15) is 38.1 Å². The predicted molar refractivity (Wildman–Crippen MR) is 90.0 cm³/mol. The lowest BCUT2D eigenvalue weighted by atomic mass is 9.79. The van der Waals surface area contributed by atoms with Crippen molar-refractivity contribution in [3.8, 4) is 0 Å². The Hall–Kier alpha value is -1.31. The zero-order valence-electron chi connectivity index (χ0n) is 14.8. The summed E-state index contributed by atoms with van der Waals surface area (Å²) < 4.78 is 35.3. The first-order chi connectivity index (χ1) is 11.0. The van der Waals surface area contributed by atoms with Gasteiger partial charge in [-0.3, -0.25) is 9.69 Å². The molecule has 3 rings (SSSR count). The topological polar surface area (TPSA) is 38.8 Å². The molecule has 0 unspecified atom stereocenters. The minimum atomic E-state index is -2.38. The van der Waals surface area contributed by atoms with Crippen molar-refractivity contribution in [2.24, 2.45) is 0 Å². The summed E-state index contributed by atoms with van der Waals surface area (Å²) in [5.74, 6) is -2.38. The molecule has 2 aliphatic heterocycles. The van der Waals surface area contributed by atoms with E-state index < -0.39 is 5.92 Å². The zero-order chi connectivity index (χ0) is 18.2. The summed E-state index contributed by atoms with van der Waals surface area (Å²) >= 11 is 0. The Morgan fingerprint density at radius 1 is 1.04 bits per heavy atom. The summed E-state index contributed by atoms with van der Waals surface area (Å²) in [6.45, 7) is 7.96. The highest BCUT2D eigenvalue weighted by molar-refractivity contribution is 6.62. The first-order valence-electron chi connectivity index (χ1n) is 7.93. The molecule has 24 heavy (non-hydrogen) atoms. The molecule has 132 valence electrons. The van der Waals surface area contributed by atoms with Gasteiger partial charge in [0.25, 0.3) is 5.92 Å². The summed E-state index contributed by atoms with van der Waals surface area (Å²) in [7, 11) is 1.32. The van der Waals surface area contributed by atoms with Crippen LogP contribution in [0, 0.1) is 0 Å². The van der Waals surface area contributed by atoms with Gasteiger partial charge in [-0.2, -0.15) is 0 Å². The van der Waals surface area contributed by atoms with Crippen molar-refractivity contribution in [2.75, 3.05) is 20.1 Å². The quantitative estimate of drug-likeness (QED) is 0.613. The number of nitrogens with zero attached hydrogens (tertiary/aromatic N) is 1. The van der Waals surface area contributed by atoms with E-state index in [1.165, 1.54) is 0 Å². The second-order valence-corrected chi connectivity index (χ2v) is 7.40. The Morgan fingerprint density at radius 3 is 1.79 bits per heavy atom. The maximum atomic E-state index is 11.7. The molecule has 4 nitrogen and oxygen atoms in total. The Morgan fingerprint density at radius 2 is 1.50 bits per heavy atom. The Kier molecular flexibility index (Phi) is 5.18. The number of rotatable bonds is 2. The second-order valence-electron chi connectivity index (χ2n) is 7.40. The molecule has 0 atom stereocenters. The molecule has 0 N–H and O–H groups in total. The lowest BCUT2D eigenvalue weighted by molar-refractivity contribution is -0.119. The van der Waals surface area contributed by atoms with Crippen LogP contribution < -0.4 is 5.46 Å². The fraction of sp³-hybridized carbons (Fsp3) is 0.588. The number of benzene rings is 1. The first kappa shape index (κ1) is 19.0. The lowest BCUT2D eigenvalue weighted by Gasteiger charge is -2.35. The van der Waals surface area contributed by atoms with Gasteiger partial charge in [0.05, 0.1) is 24.3 Å². The van der Waals surface area contributed by atoms with E-state index in [1.54, 1.807) is 24.1 Å². The lowest BCUT2D eigenvalue weighted by Crippen LogP contribution is -2.53. The maximum absolute atomic E-state index is 11.7. The third-order valence-corrected chi connectivity index (χ3v) is 4.60. The molecule has 7 heteroatoms. The summed E-state index contributed by atoms with van der Waals surface area (Å²) in [5, 5.41) is 0. The van der Waals surface area contributed by atoms with Crippen LogP contribution in [0.2, 0.25) is 0 Å². The highest BCUT2D eigenvalue weighted by Crippen LogP contribution is 2.36. The van der Waals surface area contributed by atoms with E-state index in [-0.39, 0.29) is 31.4 Å². The first-order valence-corrected chi connectivity index (χ1v) is 7.93. The molecule has 0 radical (unpaired) electrons. The zero-order valence-corrected chi connectivity index (χ0v) is 14.8. The molecular weight excluding hydrogens is 315 g/mol. The maximum Gasteiger partial charge on any atom is 0.494 e. The Labute approximate surface area is 142 Å². The number of carbonyl (C=O) groups excluding carboxylic acids is 1. The molecule has 0 aliphatic carbocycles. The van der Waals surface area contributed by atoms with E-state index in [0.717, 1.165) is 11.7 Å². The molecule has 1 aromatic carbocycles. The van der Waals surface area contributed by atoms with Gasteiger partial charge in [0, 0.05) is 5.56 Å². The van der Waals surface area contributed by atoms with E-state index in [0.29, 0.717) is 5.56 Å². The smallest absolute Gasteiger partial charge is 0.399 e. The number of halogens is 2. The summed E-state index contributed by atoms with van der Waals surface area (Å²) in [5.41, 5.74) is 0.932. The van der Waals surface area contributed by atoms with Gasteiger partial charge in [-0.05, 0) is 40.2 Å². The molecule has 0 amide bonds. The standard InChI is InChI=1S/C13H17BO3.C4H7F2N/c1-12(2)13(3,4)17-14(16-12)11-7-5-10(9-15)6-8-11;1-7-2-4(5,6)3-7/h5-9H,1-4H3;2-3H2,1H3. The van der Waals surface area contributed by atoms with Crippen molar-refractivity contribution in [2.45, 2.75) is 44.8 Å². The van der Waals surface area contributed by atoms with Crippen molar-refractivity contribution < 1.29 is 22.9 Å². The van der Waals surface area contributed by atoms with Crippen molar-refractivity contribution >= 4 is 18.9 Å². The number of aldehydes is 1. The summed E-state index contributed by atoms with van der Waals surface area (Å²) in [6, 6.07) is 7.28. The molecule has 2 fully saturated rings. The molecular formula is C17H24BF2NO3. The SMILES string of the molecule is CC1(C)OB(c2ccc(C=O)cc2)OC1(C)C.CN1CC(F)(F)C1. The van der Waals surface area contributed by atoms with Gasteiger partial charge >= 0.3 is 7.12 Å². The van der Waals surface area contributed by atoms with Gasteiger partial charge in [-0.1, -0.05) is 24.3 Å². The molecule has 2 aliphatic rings. The largest absolute Gasteiger partial charge is 0.494 e. The summed E-state index contributed by atoms with van der Waals surface area (Å²) in [6.07, 6.45) is 0.827. The molecule has 0 aromatic heterocycles. The van der Waals surface area contributed by atoms with E-state index in [2.05, 4.69) is 0 Å². The van der Waals surface area contributed by atoms with Crippen LogP contribution in [0.15, 0.2) is 24.3 Å². The van der Waals surface area contributed by atoms with Gasteiger partial charge in [0.15, 0.2) is 0 Å². The predicted octanol–water partition coefficient (Wildman–Crippen LogP) is 2.37. The van der Waals surface area contributed by atoms with Crippen LogP contribution in [-0.4, -0.2) is 55.6 Å². The van der Waals surface area contributed by atoms with Crippen molar-refractivity contribution in [1.82, 2.24) is 4.90 Å². The highest BCUT2D eigenvalue weighted by atomic mass is 19.3. The van der Waals surface area contributed by atoms with Crippen LogP contribution in [0.25, 0.3) is 0 Å². The summed E-state index contributed by atoms with van der Waals surface area (Å²) in [4.78, 5) is 12.2. The second kappa shape index (κ2) is 6.54. The van der Waals surface area contributed by atoms with Gasteiger partial charge in [0.2, 0.25) is 0 Å². The van der Waals surface area contributed by atoms with Crippen molar-refractivity contribution in [1.29, 1.82) is 0 Å². The number of hydrogen-bond donors (Lipinski definition) is 0. The highest BCUT2D eigenvalue weighted by Gasteiger charge is 2.51. The fourth-order valence-electron chi connectivity index (χ4n) is 2.45. The Balaban J connectivity index is 0.000000249. The van der Waals surface area contributed by atoms with Gasteiger partial charge in [-0.15, -0.1) is 0 Å². The average Bonchev–Trinajstić information content (AvgIpc) is 2.66. The van der Waals surface area contributed by atoms with Crippen molar-refractivity contribution in [3.05, 3.63) is 29.8 Å². The molecule has 0 bridgehead atoms. The normalized spacial score (nSPS) is 23.9. The molecule has 1 aromatic rings. The van der Waals surface area contributed by atoms with Crippen LogP contribution in [0.5, 0.6) is 0 Å². The number of hydrogen-bond acceptors (Lipinski definition) is 4. The van der Waals surface area contributed by atoms with E-state index >= 15 is 0 Å². The van der Waals surface area contributed by atoms with E-state index in [9.17, 15) is 13.6 Å². The van der Waals surface area contributed by atoms with Crippen LogP contribution >= 0.6 is 0 Å². The number of likely N-dealkylation sites (tertiary alicyclic amines) is 1. The van der Waals surface area contributed by atoms with Gasteiger partial charge < -0.3 is 9.31 Å². The monoisotopic (exact) mass is 339 g/mol. The number of alkyl halides is 2. The average molecular weight is 339 g/mol.